The summed E-state index contributed by atoms with van der Waals surface area (Å²) in [4.78, 5) is 11.3. The minimum atomic E-state index is -0.0956. The molecule has 0 saturated carbocycles. The Bertz CT molecular complexity index is 394. The molecule has 1 N–H and O–H groups in total. The van der Waals surface area contributed by atoms with E-state index in [0.717, 1.165) is 0 Å². The van der Waals surface area contributed by atoms with Crippen molar-refractivity contribution < 1.29 is 4.79 Å². The third kappa shape index (κ3) is 2.36. The number of thiocarbonyl (C=S) groups is 1. The Kier molecular flexibility index (Phi) is 3.03. The molecule has 1 fully saturated rings. The first-order valence-corrected chi connectivity index (χ1v) is 5.69. The van der Waals surface area contributed by atoms with Gasteiger partial charge < -0.3 is 0 Å². The van der Waals surface area contributed by atoms with E-state index >= 15 is 0 Å². The highest BCUT2D eigenvalue weighted by Gasteiger charge is 2.27. The second kappa shape index (κ2) is 4.30. The van der Waals surface area contributed by atoms with E-state index in [4.69, 9.17) is 23.8 Å². The molecule has 1 aromatic heterocycles. The van der Waals surface area contributed by atoms with Crippen LogP contribution in [0.4, 0.5) is 5.82 Å². The third-order valence-electron chi connectivity index (χ3n) is 1.61. The Morgan fingerprint density at radius 1 is 1.53 bits per heavy atom. The van der Waals surface area contributed by atoms with Crippen LogP contribution in [-0.2, 0) is 4.79 Å². The van der Waals surface area contributed by atoms with Crippen molar-refractivity contribution >= 4 is 51.6 Å². The number of hydrogen-bond acceptors (Lipinski definition) is 6. The first-order chi connectivity index (χ1) is 7.16. The topological polar surface area (TPSA) is 58.1 Å². The zero-order valence-corrected chi connectivity index (χ0v) is 9.70. The largest absolute Gasteiger partial charge is 0.272 e. The van der Waals surface area contributed by atoms with E-state index in [0.29, 0.717) is 21.0 Å². The second-order valence-electron chi connectivity index (χ2n) is 2.64. The van der Waals surface area contributed by atoms with Crippen LogP contribution < -0.4 is 5.43 Å². The lowest BCUT2D eigenvalue weighted by Crippen LogP contribution is -2.34. The molecule has 5 nitrogen and oxygen atoms in total. The molecule has 0 bridgehead atoms. The number of carbonyl (C=O) groups excluding carboxylic acids is 1. The molecule has 2 heterocycles. The molecule has 1 amide bonds. The lowest BCUT2D eigenvalue weighted by molar-refractivity contribution is -0.123. The summed E-state index contributed by atoms with van der Waals surface area (Å²) in [5, 5.41) is 8.96. The lowest BCUT2D eigenvalue weighted by atomic mass is 10.5. The Morgan fingerprint density at radius 3 is 2.87 bits per heavy atom. The molecular formula is C7H5ClN4OS2. The van der Waals surface area contributed by atoms with Gasteiger partial charge in [0.05, 0.1) is 5.75 Å². The predicted octanol–water partition coefficient (Wildman–Crippen LogP) is 1.32. The molecule has 2 rings (SSSR count). The molecular weight excluding hydrogens is 256 g/mol. The Hall–Kier alpha value is -0.920. The van der Waals surface area contributed by atoms with Crippen LogP contribution in [0.1, 0.15) is 0 Å². The van der Waals surface area contributed by atoms with Crippen molar-refractivity contribution in [2.45, 2.75) is 0 Å². The summed E-state index contributed by atoms with van der Waals surface area (Å²) in [6.45, 7) is 0. The number of amides is 1. The Morgan fingerprint density at radius 2 is 2.33 bits per heavy atom. The molecule has 0 unspecified atom stereocenters. The highest BCUT2D eigenvalue weighted by molar-refractivity contribution is 8.23. The average molecular weight is 261 g/mol. The van der Waals surface area contributed by atoms with E-state index in [2.05, 4.69) is 15.6 Å². The number of aromatic nitrogens is 2. The van der Waals surface area contributed by atoms with E-state index < -0.39 is 0 Å². The summed E-state index contributed by atoms with van der Waals surface area (Å²) in [5.74, 6) is 0.687. The van der Waals surface area contributed by atoms with Gasteiger partial charge in [-0.05, 0) is 12.1 Å². The van der Waals surface area contributed by atoms with E-state index in [1.165, 1.54) is 16.8 Å². The van der Waals surface area contributed by atoms with E-state index in [1.807, 2.05) is 0 Å². The molecule has 0 spiro atoms. The smallest absolute Gasteiger partial charge is 0.257 e. The van der Waals surface area contributed by atoms with Crippen LogP contribution in [0.25, 0.3) is 0 Å². The van der Waals surface area contributed by atoms with E-state index in [-0.39, 0.29) is 5.91 Å². The molecule has 1 aromatic rings. The monoisotopic (exact) mass is 260 g/mol. The van der Waals surface area contributed by atoms with Crippen molar-refractivity contribution in [1.82, 2.24) is 15.2 Å². The lowest BCUT2D eigenvalue weighted by Gasteiger charge is -2.15. The number of hydrazine groups is 1. The fourth-order valence-electron chi connectivity index (χ4n) is 0.953. The third-order valence-corrected chi connectivity index (χ3v) is 3.17. The number of carbonyl (C=O) groups is 1. The van der Waals surface area contributed by atoms with Crippen molar-refractivity contribution in [3.8, 4) is 0 Å². The molecule has 0 atom stereocenters. The number of nitrogens with zero attached hydrogens (tertiary/aromatic N) is 3. The molecule has 15 heavy (non-hydrogen) atoms. The molecule has 1 saturated heterocycles. The predicted molar refractivity (Wildman–Crippen MR) is 62.6 cm³/mol. The van der Waals surface area contributed by atoms with Gasteiger partial charge in [-0.25, -0.2) is 5.01 Å². The maximum Gasteiger partial charge on any atom is 0.257 e. The van der Waals surface area contributed by atoms with Crippen molar-refractivity contribution in [2.75, 3.05) is 11.2 Å². The number of anilines is 1. The van der Waals surface area contributed by atoms with Gasteiger partial charge in [-0.15, -0.1) is 10.2 Å². The normalized spacial score (nSPS) is 15.9. The highest BCUT2D eigenvalue weighted by atomic mass is 35.5. The van der Waals surface area contributed by atoms with Crippen LogP contribution >= 0.6 is 35.6 Å². The summed E-state index contributed by atoms with van der Waals surface area (Å²) < 4.78 is 0.483. The molecule has 0 aromatic carbocycles. The summed E-state index contributed by atoms with van der Waals surface area (Å²) in [7, 11) is 0. The van der Waals surface area contributed by atoms with Crippen LogP contribution in [0, 0.1) is 0 Å². The van der Waals surface area contributed by atoms with Gasteiger partial charge in [0.25, 0.3) is 5.91 Å². The summed E-state index contributed by atoms with van der Waals surface area (Å²) in [6, 6.07) is 3.20. The molecule has 1 aliphatic heterocycles. The molecule has 1 aliphatic rings. The number of nitrogens with one attached hydrogen (secondary N) is 1. The van der Waals surface area contributed by atoms with Crippen LogP contribution in [0.2, 0.25) is 5.15 Å². The molecule has 0 radical (unpaired) electrons. The van der Waals surface area contributed by atoms with Crippen molar-refractivity contribution in [3.05, 3.63) is 17.3 Å². The van der Waals surface area contributed by atoms with Gasteiger partial charge in [-0.1, -0.05) is 35.6 Å². The van der Waals surface area contributed by atoms with E-state index in [1.54, 1.807) is 12.1 Å². The van der Waals surface area contributed by atoms with Crippen LogP contribution in [-0.4, -0.2) is 31.2 Å². The quantitative estimate of drug-likeness (QED) is 0.810. The Balaban J connectivity index is 2.11. The first-order valence-electron chi connectivity index (χ1n) is 3.92. The molecule has 8 heteroatoms. The van der Waals surface area contributed by atoms with Crippen molar-refractivity contribution in [2.24, 2.45) is 0 Å². The van der Waals surface area contributed by atoms with Gasteiger partial charge in [0, 0.05) is 0 Å². The maximum absolute atomic E-state index is 11.3. The number of halogens is 1. The minimum absolute atomic E-state index is 0.0956. The minimum Gasteiger partial charge on any atom is -0.272 e. The number of thioether (sulfide) groups is 1. The van der Waals surface area contributed by atoms with Gasteiger partial charge in [0.1, 0.15) is 0 Å². The van der Waals surface area contributed by atoms with Crippen LogP contribution in [0.15, 0.2) is 12.1 Å². The van der Waals surface area contributed by atoms with Crippen LogP contribution in [0.5, 0.6) is 0 Å². The SMILES string of the molecule is O=C1CSC(=S)N1Nc1ccc(Cl)nn1. The molecule has 78 valence electrons. The summed E-state index contributed by atoms with van der Waals surface area (Å²) in [6.07, 6.45) is 0. The summed E-state index contributed by atoms with van der Waals surface area (Å²) in [5.41, 5.74) is 2.76. The van der Waals surface area contributed by atoms with Gasteiger partial charge >= 0.3 is 0 Å². The summed E-state index contributed by atoms with van der Waals surface area (Å²) >= 11 is 11.9. The fraction of sp³-hybridized carbons (Fsp3) is 0.143. The van der Waals surface area contributed by atoms with Gasteiger partial charge in [-0.3, -0.25) is 10.2 Å². The first kappa shape index (κ1) is 10.6. The second-order valence-corrected chi connectivity index (χ2v) is 4.63. The van der Waals surface area contributed by atoms with Crippen LogP contribution in [0.3, 0.4) is 0 Å². The highest BCUT2D eigenvalue weighted by Crippen LogP contribution is 2.19. The number of hydrogen-bond donors (Lipinski definition) is 1. The number of rotatable bonds is 2. The zero-order chi connectivity index (χ0) is 10.8. The van der Waals surface area contributed by atoms with Gasteiger partial charge in [-0.2, -0.15) is 0 Å². The average Bonchev–Trinajstić information content (AvgIpc) is 2.53. The van der Waals surface area contributed by atoms with Gasteiger partial charge in [0.2, 0.25) is 0 Å². The standard InChI is InChI=1S/C7H5ClN4OS2/c8-4-1-2-5(10-9-4)11-12-6(13)3-15-7(12)14/h1-2H,3H2,(H,10,11). The Labute approximate surface area is 100 Å². The van der Waals surface area contributed by atoms with E-state index in [9.17, 15) is 4.79 Å². The fourth-order valence-corrected chi connectivity index (χ4v) is 2.03. The van der Waals surface area contributed by atoms with Crippen molar-refractivity contribution in [1.29, 1.82) is 0 Å². The maximum atomic E-state index is 11.3. The van der Waals surface area contributed by atoms with Gasteiger partial charge in [0.15, 0.2) is 15.3 Å². The zero-order valence-electron chi connectivity index (χ0n) is 7.31. The van der Waals surface area contributed by atoms with Crippen molar-refractivity contribution in [3.63, 3.8) is 0 Å². The molecule has 0 aliphatic carbocycles.